The van der Waals surface area contributed by atoms with Crippen LogP contribution in [0.5, 0.6) is 0 Å². The summed E-state index contributed by atoms with van der Waals surface area (Å²) in [6, 6.07) is 10.4. The predicted molar refractivity (Wildman–Crippen MR) is 66.3 cm³/mol. The highest BCUT2D eigenvalue weighted by atomic mass is 16.1. The number of hydrogen-bond donors (Lipinski definition) is 0. The molecule has 0 aliphatic heterocycles. The summed E-state index contributed by atoms with van der Waals surface area (Å²) < 4.78 is 0. The highest BCUT2D eigenvalue weighted by Gasteiger charge is 2.27. The summed E-state index contributed by atoms with van der Waals surface area (Å²) in [5.74, 6) is 0.280. The molecule has 1 aromatic rings. The lowest BCUT2D eigenvalue weighted by atomic mass is 9.75. The molecule has 1 aromatic carbocycles. The van der Waals surface area contributed by atoms with E-state index in [0.29, 0.717) is 6.42 Å². The van der Waals surface area contributed by atoms with Crippen molar-refractivity contribution in [1.29, 1.82) is 0 Å². The lowest BCUT2D eigenvalue weighted by molar-refractivity contribution is -0.117. The van der Waals surface area contributed by atoms with E-state index < -0.39 is 0 Å². The van der Waals surface area contributed by atoms with Crippen molar-refractivity contribution >= 4 is 5.78 Å². The van der Waals surface area contributed by atoms with E-state index in [9.17, 15) is 4.79 Å². The van der Waals surface area contributed by atoms with Crippen molar-refractivity contribution in [1.82, 2.24) is 0 Å². The zero-order chi connectivity index (χ0) is 11.6. The first-order chi connectivity index (χ1) is 7.55. The molecule has 0 aromatic heterocycles. The zero-order valence-corrected chi connectivity index (χ0v) is 9.99. The normalized spacial score (nSPS) is 19.4. The van der Waals surface area contributed by atoms with E-state index in [1.54, 1.807) is 0 Å². The molecule has 0 spiro atoms. The average molecular weight is 214 g/mol. The standard InChI is InChI=1S/C15H18O/c1-15(2)10-13(9-14(16)11-15)8-12-6-4-3-5-7-12/h3-7,9H,8,10-11H2,1-2H3. The molecule has 1 heteroatoms. The fraction of sp³-hybridized carbons (Fsp3) is 0.400. The van der Waals surface area contributed by atoms with Gasteiger partial charge in [0.15, 0.2) is 5.78 Å². The Morgan fingerprint density at radius 1 is 1.12 bits per heavy atom. The molecule has 0 heterocycles. The van der Waals surface area contributed by atoms with E-state index in [1.807, 2.05) is 24.3 Å². The molecule has 0 amide bonds. The molecule has 1 aliphatic carbocycles. The maximum absolute atomic E-state index is 11.6. The van der Waals surface area contributed by atoms with Gasteiger partial charge in [-0.2, -0.15) is 0 Å². The van der Waals surface area contributed by atoms with Crippen molar-refractivity contribution in [2.75, 3.05) is 0 Å². The molecule has 0 fully saturated rings. The summed E-state index contributed by atoms with van der Waals surface area (Å²) >= 11 is 0. The largest absolute Gasteiger partial charge is 0.295 e. The molecule has 0 unspecified atom stereocenters. The maximum Gasteiger partial charge on any atom is 0.156 e. The minimum atomic E-state index is 0.135. The molecule has 1 aliphatic rings. The first-order valence-corrected chi connectivity index (χ1v) is 5.81. The summed E-state index contributed by atoms with van der Waals surface area (Å²) in [4.78, 5) is 11.6. The Labute approximate surface area is 97.2 Å². The number of ketones is 1. The van der Waals surface area contributed by atoms with Gasteiger partial charge in [-0.15, -0.1) is 0 Å². The SMILES string of the molecule is CC1(C)CC(=O)C=C(Cc2ccccc2)C1. The maximum atomic E-state index is 11.6. The van der Waals surface area contributed by atoms with Crippen LogP contribution in [0.25, 0.3) is 0 Å². The van der Waals surface area contributed by atoms with Gasteiger partial charge < -0.3 is 0 Å². The molecule has 0 N–H and O–H groups in total. The Morgan fingerprint density at radius 3 is 2.44 bits per heavy atom. The molecule has 1 nitrogen and oxygen atoms in total. The predicted octanol–water partition coefficient (Wildman–Crippen LogP) is 3.54. The second-order valence-electron chi connectivity index (χ2n) is 5.45. The van der Waals surface area contributed by atoms with E-state index in [1.165, 1.54) is 11.1 Å². The molecule has 0 radical (unpaired) electrons. The Balaban J connectivity index is 2.14. The minimum absolute atomic E-state index is 0.135. The number of rotatable bonds is 2. The minimum Gasteiger partial charge on any atom is -0.295 e. The molecule has 0 saturated carbocycles. The van der Waals surface area contributed by atoms with Crippen LogP contribution in [-0.4, -0.2) is 5.78 Å². The van der Waals surface area contributed by atoms with Crippen LogP contribution < -0.4 is 0 Å². The fourth-order valence-corrected chi connectivity index (χ4v) is 2.45. The lowest BCUT2D eigenvalue weighted by Crippen LogP contribution is -2.22. The zero-order valence-electron chi connectivity index (χ0n) is 9.99. The van der Waals surface area contributed by atoms with E-state index in [2.05, 4.69) is 26.0 Å². The molecular weight excluding hydrogens is 196 g/mol. The number of hydrogen-bond acceptors (Lipinski definition) is 1. The molecule has 0 saturated heterocycles. The summed E-state index contributed by atoms with van der Waals surface area (Å²) in [6.45, 7) is 4.34. The number of benzene rings is 1. The van der Waals surface area contributed by atoms with Gasteiger partial charge in [0.1, 0.15) is 0 Å². The highest BCUT2D eigenvalue weighted by Crippen LogP contribution is 2.34. The van der Waals surface area contributed by atoms with Crippen LogP contribution in [0.3, 0.4) is 0 Å². The Morgan fingerprint density at radius 2 is 1.81 bits per heavy atom. The van der Waals surface area contributed by atoms with E-state index in [0.717, 1.165) is 12.8 Å². The van der Waals surface area contributed by atoms with E-state index in [4.69, 9.17) is 0 Å². The average Bonchev–Trinajstić information content (AvgIpc) is 2.15. The van der Waals surface area contributed by atoms with Crippen molar-refractivity contribution < 1.29 is 4.79 Å². The van der Waals surface area contributed by atoms with Gasteiger partial charge in [-0.3, -0.25) is 4.79 Å². The smallest absolute Gasteiger partial charge is 0.156 e. The van der Waals surface area contributed by atoms with Crippen LogP contribution in [0.4, 0.5) is 0 Å². The van der Waals surface area contributed by atoms with Gasteiger partial charge in [-0.25, -0.2) is 0 Å². The van der Waals surface area contributed by atoms with Crippen molar-refractivity contribution in [2.45, 2.75) is 33.1 Å². The number of carbonyl (C=O) groups is 1. The van der Waals surface area contributed by atoms with Gasteiger partial charge in [0.2, 0.25) is 0 Å². The van der Waals surface area contributed by atoms with Crippen LogP contribution in [-0.2, 0) is 11.2 Å². The molecule has 0 atom stereocenters. The summed E-state index contributed by atoms with van der Waals surface area (Å²) in [5.41, 5.74) is 2.70. The third-order valence-electron chi connectivity index (χ3n) is 3.00. The second kappa shape index (κ2) is 4.25. The third-order valence-corrected chi connectivity index (χ3v) is 3.00. The van der Waals surface area contributed by atoms with Crippen LogP contribution in [0.15, 0.2) is 42.0 Å². The lowest BCUT2D eigenvalue weighted by Gasteiger charge is -2.28. The van der Waals surface area contributed by atoms with Crippen LogP contribution in [0, 0.1) is 5.41 Å². The first-order valence-electron chi connectivity index (χ1n) is 5.81. The molecular formula is C15H18O. The Hall–Kier alpha value is -1.37. The summed E-state index contributed by atoms with van der Waals surface area (Å²) in [7, 11) is 0. The van der Waals surface area contributed by atoms with Gasteiger partial charge in [0, 0.05) is 6.42 Å². The van der Waals surface area contributed by atoms with Crippen molar-refractivity contribution in [3.8, 4) is 0 Å². The van der Waals surface area contributed by atoms with Crippen LogP contribution >= 0.6 is 0 Å². The summed E-state index contributed by atoms with van der Waals surface area (Å²) in [6.07, 6.45) is 4.48. The van der Waals surface area contributed by atoms with Gasteiger partial charge in [-0.05, 0) is 29.9 Å². The number of carbonyl (C=O) groups excluding carboxylic acids is 1. The van der Waals surface area contributed by atoms with Crippen molar-refractivity contribution in [3.05, 3.63) is 47.5 Å². The second-order valence-corrected chi connectivity index (χ2v) is 5.45. The topological polar surface area (TPSA) is 17.1 Å². The third kappa shape index (κ3) is 2.82. The van der Waals surface area contributed by atoms with E-state index in [-0.39, 0.29) is 11.2 Å². The van der Waals surface area contributed by atoms with Gasteiger partial charge in [0.05, 0.1) is 0 Å². The Bertz CT molecular complexity index is 412. The first kappa shape index (κ1) is 11.1. The Kier molecular flexibility index (Phi) is 2.95. The summed E-state index contributed by atoms with van der Waals surface area (Å²) in [5, 5.41) is 0. The van der Waals surface area contributed by atoms with E-state index >= 15 is 0 Å². The van der Waals surface area contributed by atoms with Gasteiger partial charge in [-0.1, -0.05) is 49.8 Å². The number of allylic oxidation sites excluding steroid dienone is 2. The van der Waals surface area contributed by atoms with Crippen molar-refractivity contribution in [3.63, 3.8) is 0 Å². The van der Waals surface area contributed by atoms with Crippen LogP contribution in [0.1, 0.15) is 32.3 Å². The molecule has 0 bridgehead atoms. The van der Waals surface area contributed by atoms with Gasteiger partial charge in [0.25, 0.3) is 0 Å². The molecule has 84 valence electrons. The quantitative estimate of drug-likeness (QED) is 0.736. The van der Waals surface area contributed by atoms with Crippen molar-refractivity contribution in [2.24, 2.45) is 5.41 Å². The molecule has 2 rings (SSSR count). The fourth-order valence-electron chi connectivity index (χ4n) is 2.45. The molecule has 16 heavy (non-hydrogen) atoms. The monoisotopic (exact) mass is 214 g/mol. The van der Waals surface area contributed by atoms with Crippen LogP contribution in [0.2, 0.25) is 0 Å². The highest BCUT2D eigenvalue weighted by molar-refractivity contribution is 5.91. The van der Waals surface area contributed by atoms with Gasteiger partial charge >= 0.3 is 0 Å².